The predicted molar refractivity (Wildman–Crippen MR) is 113 cm³/mol. The number of ether oxygens (including phenoxy) is 2. The lowest BCUT2D eigenvalue weighted by atomic mass is 9.88. The van der Waals surface area contributed by atoms with Gasteiger partial charge >= 0.3 is 5.97 Å². The van der Waals surface area contributed by atoms with Crippen molar-refractivity contribution in [2.45, 2.75) is 76.3 Å². The Morgan fingerprint density at radius 3 is 2.10 bits per heavy atom. The van der Waals surface area contributed by atoms with Crippen molar-refractivity contribution in [1.82, 2.24) is 4.90 Å². The predicted octanol–water partition coefficient (Wildman–Crippen LogP) is 4.58. The molecule has 0 atom stereocenters. The molecule has 2 aliphatic rings. The number of anilines is 1. The first-order chi connectivity index (χ1) is 14.0. The molecular formula is C22H31ClN2O4. The van der Waals surface area contributed by atoms with Crippen LogP contribution in [0.15, 0.2) is 12.1 Å². The maximum Gasteiger partial charge on any atom is 0.342 e. The number of amides is 1. The molecule has 160 valence electrons. The Bertz CT molecular complexity index is 710. The summed E-state index contributed by atoms with van der Waals surface area (Å²) in [7, 11) is 1.44. The Labute approximate surface area is 177 Å². The summed E-state index contributed by atoms with van der Waals surface area (Å²) in [4.78, 5) is 27.8. The van der Waals surface area contributed by atoms with Crippen LogP contribution in [-0.4, -0.2) is 42.6 Å². The zero-order chi connectivity index (χ0) is 20.8. The Morgan fingerprint density at radius 2 is 1.59 bits per heavy atom. The number of methoxy groups -OCH3 is 1. The van der Waals surface area contributed by atoms with Gasteiger partial charge in [-0.05, 0) is 31.7 Å². The molecule has 0 bridgehead atoms. The molecular weight excluding hydrogens is 392 g/mol. The SMILES string of the molecule is COc1cc(N)c(Cl)cc1C(=O)OCC(=O)N(C1CCCCC1)C1CCCCC1. The van der Waals surface area contributed by atoms with Crippen LogP contribution in [0.2, 0.25) is 5.02 Å². The molecule has 2 fully saturated rings. The Kier molecular flexibility index (Phi) is 7.64. The number of hydrogen-bond acceptors (Lipinski definition) is 5. The third kappa shape index (κ3) is 5.35. The summed E-state index contributed by atoms with van der Waals surface area (Å²) in [5.41, 5.74) is 6.25. The van der Waals surface area contributed by atoms with E-state index in [1.54, 1.807) is 0 Å². The number of carbonyl (C=O) groups is 2. The lowest BCUT2D eigenvalue weighted by Crippen LogP contribution is -2.50. The first kappa shape index (κ1) is 21.8. The quantitative estimate of drug-likeness (QED) is 0.535. The van der Waals surface area contributed by atoms with E-state index in [0.29, 0.717) is 5.69 Å². The number of halogens is 1. The third-order valence-corrected chi connectivity index (χ3v) is 6.42. The van der Waals surface area contributed by atoms with E-state index < -0.39 is 5.97 Å². The van der Waals surface area contributed by atoms with Gasteiger partial charge in [-0.2, -0.15) is 0 Å². The number of carbonyl (C=O) groups excluding carboxylic acids is 2. The van der Waals surface area contributed by atoms with Gasteiger partial charge in [0.15, 0.2) is 6.61 Å². The van der Waals surface area contributed by atoms with Gasteiger partial charge in [-0.15, -0.1) is 0 Å². The largest absolute Gasteiger partial charge is 0.496 e. The molecule has 0 spiro atoms. The molecule has 29 heavy (non-hydrogen) atoms. The van der Waals surface area contributed by atoms with Crippen molar-refractivity contribution in [2.24, 2.45) is 0 Å². The van der Waals surface area contributed by atoms with Crippen molar-refractivity contribution in [3.8, 4) is 5.75 Å². The lowest BCUT2D eigenvalue weighted by molar-refractivity contribution is -0.141. The van der Waals surface area contributed by atoms with Gasteiger partial charge in [-0.25, -0.2) is 4.79 Å². The van der Waals surface area contributed by atoms with E-state index in [4.69, 9.17) is 26.8 Å². The van der Waals surface area contributed by atoms with Gasteiger partial charge < -0.3 is 20.1 Å². The molecule has 0 aromatic heterocycles. The van der Waals surface area contributed by atoms with Crippen LogP contribution in [0.3, 0.4) is 0 Å². The van der Waals surface area contributed by atoms with Crippen LogP contribution < -0.4 is 10.5 Å². The molecule has 1 amide bonds. The van der Waals surface area contributed by atoms with Crippen molar-refractivity contribution in [1.29, 1.82) is 0 Å². The van der Waals surface area contributed by atoms with Crippen molar-refractivity contribution in [3.63, 3.8) is 0 Å². The molecule has 1 aromatic carbocycles. The minimum absolute atomic E-state index is 0.0994. The van der Waals surface area contributed by atoms with Crippen LogP contribution in [0.1, 0.15) is 74.6 Å². The molecule has 0 unspecified atom stereocenters. The summed E-state index contributed by atoms with van der Waals surface area (Å²) in [5, 5.41) is 0.245. The van der Waals surface area contributed by atoms with Crippen LogP contribution in [-0.2, 0) is 9.53 Å². The minimum atomic E-state index is -0.635. The molecule has 1 aromatic rings. The number of esters is 1. The van der Waals surface area contributed by atoms with Crippen LogP contribution in [0, 0.1) is 0 Å². The van der Waals surface area contributed by atoms with Crippen molar-refractivity contribution in [3.05, 3.63) is 22.7 Å². The Hall–Kier alpha value is -1.95. The van der Waals surface area contributed by atoms with E-state index in [2.05, 4.69) is 0 Å². The molecule has 2 aliphatic carbocycles. The van der Waals surface area contributed by atoms with Crippen LogP contribution in [0.5, 0.6) is 5.75 Å². The minimum Gasteiger partial charge on any atom is -0.496 e. The van der Waals surface area contributed by atoms with E-state index in [1.165, 1.54) is 32.1 Å². The fraction of sp³-hybridized carbons (Fsp3) is 0.636. The van der Waals surface area contributed by atoms with Gasteiger partial charge in [-0.1, -0.05) is 50.1 Å². The van der Waals surface area contributed by atoms with E-state index in [0.717, 1.165) is 51.4 Å². The van der Waals surface area contributed by atoms with Crippen molar-refractivity contribution >= 4 is 29.2 Å². The van der Waals surface area contributed by atoms with E-state index in [1.807, 2.05) is 4.90 Å². The molecule has 0 radical (unpaired) electrons. The van der Waals surface area contributed by atoms with Gasteiger partial charge in [0.05, 0.1) is 17.8 Å². The number of nitrogen functional groups attached to an aromatic ring is 1. The summed E-state index contributed by atoms with van der Waals surface area (Å²) >= 11 is 6.04. The number of hydrogen-bond donors (Lipinski definition) is 1. The molecule has 0 saturated heterocycles. The van der Waals surface area contributed by atoms with E-state index >= 15 is 0 Å². The highest BCUT2D eigenvalue weighted by atomic mass is 35.5. The maximum absolute atomic E-state index is 13.1. The number of benzene rings is 1. The van der Waals surface area contributed by atoms with Crippen LogP contribution in [0.4, 0.5) is 5.69 Å². The van der Waals surface area contributed by atoms with Crippen LogP contribution >= 0.6 is 11.6 Å². The first-order valence-corrected chi connectivity index (χ1v) is 11.0. The van der Waals surface area contributed by atoms with Crippen molar-refractivity contribution < 1.29 is 19.1 Å². The highest BCUT2D eigenvalue weighted by Gasteiger charge is 2.33. The third-order valence-electron chi connectivity index (χ3n) is 6.09. The van der Waals surface area contributed by atoms with Gasteiger partial charge in [0.1, 0.15) is 11.3 Å². The summed E-state index contributed by atoms with van der Waals surface area (Å²) in [6, 6.07) is 3.43. The summed E-state index contributed by atoms with van der Waals surface area (Å²) in [5.74, 6) is -0.456. The average molecular weight is 423 g/mol. The maximum atomic E-state index is 13.1. The zero-order valence-corrected chi connectivity index (χ0v) is 17.9. The molecule has 0 aliphatic heterocycles. The summed E-state index contributed by atoms with van der Waals surface area (Å²) in [6.45, 7) is -0.267. The average Bonchev–Trinajstić information content (AvgIpc) is 2.75. The second-order valence-corrected chi connectivity index (χ2v) is 8.44. The summed E-state index contributed by atoms with van der Waals surface area (Å²) in [6.07, 6.45) is 11.2. The van der Waals surface area contributed by atoms with Gasteiger partial charge in [0.25, 0.3) is 5.91 Å². The fourth-order valence-electron chi connectivity index (χ4n) is 4.60. The highest BCUT2D eigenvalue weighted by Crippen LogP contribution is 2.31. The Balaban J connectivity index is 1.69. The topological polar surface area (TPSA) is 81.9 Å². The second-order valence-electron chi connectivity index (χ2n) is 8.03. The monoisotopic (exact) mass is 422 g/mol. The Morgan fingerprint density at radius 1 is 1.03 bits per heavy atom. The second kappa shape index (κ2) is 10.2. The normalized spacial score (nSPS) is 18.3. The highest BCUT2D eigenvalue weighted by molar-refractivity contribution is 6.33. The van der Waals surface area contributed by atoms with Gasteiger partial charge in [0.2, 0.25) is 0 Å². The van der Waals surface area contributed by atoms with E-state index in [-0.39, 0.29) is 40.9 Å². The molecule has 2 saturated carbocycles. The lowest BCUT2D eigenvalue weighted by Gasteiger charge is -2.41. The molecule has 2 N–H and O–H groups in total. The molecule has 7 heteroatoms. The molecule has 0 heterocycles. The summed E-state index contributed by atoms with van der Waals surface area (Å²) < 4.78 is 10.6. The number of rotatable bonds is 6. The molecule has 6 nitrogen and oxygen atoms in total. The fourth-order valence-corrected chi connectivity index (χ4v) is 4.76. The number of nitrogens with two attached hydrogens (primary N) is 1. The smallest absolute Gasteiger partial charge is 0.342 e. The zero-order valence-electron chi connectivity index (χ0n) is 17.1. The van der Waals surface area contributed by atoms with Crippen LogP contribution in [0.25, 0.3) is 0 Å². The first-order valence-electron chi connectivity index (χ1n) is 10.6. The van der Waals surface area contributed by atoms with Gasteiger partial charge in [0, 0.05) is 18.2 Å². The van der Waals surface area contributed by atoms with Crippen molar-refractivity contribution in [2.75, 3.05) is 19.5 Å². The van der Waals surface area contributed by atoms with E-state index in [9.17, 15) is 9.59 Å². The molecule has 3 rings (SSSR count). The standard InChI is InChI=1S/C22H31ClN2O4/c1-28-20-13-19(24)18(23)12-17(20)22(27)29-14-21(26)25(15-8-4-2-5-9-15)16-10-6-3-7-11-16/h12-13,15-16H,2-11,14,24H2,1H3. The number of nitrogens with zero attached hydrogens (tertiary/aromatic N) is 1. The van der Waals surface area contributed by atoms with Gasteiger partial charge in [-0.3, -0.25) is 4.79 Å².